The van der Waals surface area contributed by atoms with Crippen LogP contribution in [0.15, 0.2) is 41.2 Å². The molecule has 24 heavy (non-hydrogen) atoms. The molecule has 0 unspecified atom stereocenters. The van der Waals surface area contributed by atoms with E-state index in [-0.39, 0.29) is 18.0 Å². The number of carbonyl (C=O) groups is 2. The quantitative estimate of drug-likeness (QED) is 0.584. The average Bonchev–Trinajstić information content (AvgIpc) is 2.90. The van der Waals surface area contributed by atoms with Crippen LogP contribution in [0, 0.1) is 13.8 Å². The molecular formula is C18H15NO4S. The van der Waals surface area contributed by atoms with Gasteiger partial charge in [0.05, 0.1) is 5.56 Å². The molecule has 2 heterocycles. The van der Waals surface area contributed by atoms with E-state index in [0.717, 1.165) is 9.75 Å². The molecule has 3 rings (SSSR count). The number of ether oxygens (including phenoxy) is 1. The minimum absolute atomic E-state index is 0.153. The summed E-state index contributed by atoms with van der Waals surface area (Å²) < 4.78 is 5.14. The molecule has 6 heteroatoms. The number of pyridine rings is 1. The van der Waals surface area contributed by atoms with Crippen LogP contribution in [0.3, 0.4) is 0 Å². The number of carbonyl (C=O) groups excluding carboxylic acids is 2. The van der Waals surface area contributed by atoms with Crippen molar-refractivity contribution in [3.05, 3.63) is 67.6 Å². The van der Waals surface area contributed by atoms with Gasteiger partial charge >= 0.3 is 5.97 Å². The van der Waals surface area contributed by atoms with Crippen molar-refractivity contribution in [2.45, 2.75) is 13.8 Å². The number of aromatic nitrogens is 1. The maximum Gasteiger partial charge on any atom is 0.339 e. The number of aromatic amines is 1. The predicted molar refractivity (Wildman–Crippen MR) is 93.0 cm³/mol. The van der Waals surface area contributed by atoms with E-state index in [0.29, 0.717) is 16.5 Å². The Bertz CT molecular complexity index is 1000. The molecule has 1 aromatic carbocycles. The van der Waals surface area contributed by atoms with Gasteiger partial charge in [0.1, 0.15) is 0 Å². The van der Waals surface area contributed by atoms with Gasteiger partial charge in [0.2, 0.25) is 11.3 Å². The molecule has 0 atom stereocenters. The van der Waals surface area contributed by atoms with Crippen molar-refractivity contribution in [2.24, 2.45) is 0 Å². The van der Waals surface area contributed by atoms with Gasteiger partial charge in [-0.1, -0.05) is 18.2 Å². The first-order chi connectivity index (χ1) is 11.5. The third-order valence-corrected chi connectivity index (χ3v) is 4.61. The molecule has 0 radical (unpaired) electrons. The molecule has 0 fully saturated rings. The van der Waals surface area contributed by atoms with E-state index in [1.165, 1.54) is 17.4 Å². The van der Waals surface area contributed by atoms with Crippen LogP contribution in [0.2, 0.25) is 0 Å². The van der Waals surface area contributed by atoms with E-state index >= 15 is 0 Å². The standard InChI is InChI=1S/C18H15NO4S/c1-10-7-13(11(2)24-10)16(20)9-23-18(22)14-8-17(21)19-15-6-4-3-5-12(14)15/h3-8H,9H2,1-2H3,(H,19,21). The number of para-hydroxylation sites is 1. The fourth-order valence-electron chi connectivity index (χ4n) is 2.57. The van der Waals surface area contributed by atoms with Crippen LogP contribution < -0.4 is 5.56 Å². The number of aryl methyl sites for hydroxylation is 2. The lowest BCUT2D eigenvalue weighted by molar-refractivity contribution is 0.0476. The zero-order chi connectivity index (χ0) is 17.3. The molecule has 2 aromatic heterocycles. The summed E-state index contributed by atoms with van der Waals surface area (Å²) in [6.45, 7) is 3.43. The van der Waals surface area contributed by atoms with E-state index in [9.17, 15) is 14.4 Å². The maximum absolute atomic E-state index is 12.3. The molecule has 0 saturated carbocycles. The molecule has 0 bridgehead atoms. The van der Waals surface area contributed by atoms with E-state index < -0.39 is 11.5 Å². The van der Waals surface area contributed by atoms with Gasteiger partial charge in [0.15, 0.2) is 6.61 Å². The summed E-state index contributed by atoms with van der Waals surface area (Å²) in [6, 6.07) is 9.93. The number of ketones is 1. The molecule has 0 aliphatic carbocycles. The lowest BCUT2D eigenvalue weighted by atomic mass is 10.1. The van der Waals surface area contributed by atoms with Gasteiger partial charge in [0, 0.05) is 32.3 Å². The average molecular weight is 341 g/mol. The van der Waals surface area contributed by atoms with Crippen molar-refractivity contribution in [1.29, 1.82) is 0 Å². The van der Waals surface area contributed by atoms with Crippen LogP contribution >= 0.6 is 11.3 Å². The van der Waals surface area contributed by atoms with Gasteiger partial charge in [-0.3, -0.25) is 9.59 Å². The van der Waals surface area contributed by atoms with Crippen LogP contribution in [0.4, 0.5) is 0 Å². The van der Waals surface area contributed by atoms with Crippen LogP contribution in [0.25, 0.3) is 10.9 Å². The maximum atomic E-state index is 12.3. The number of rotatable bonds is 4. The Labute approximate surface area is 141 Å². The summed E-state index contributed by atoms with van der Waals surface area (Å²) in [5, 5.41) is 0.581. The highest BCUT2D eigenvalue weighted by molar-refractivity contribution is 7.12. The molecule has 0 aliphatic rings. The number of nitrogens with one attached hydrogen (secondary N) is 1. The Balaban J connectivity index is 1.82. The number of H-pyrrole nitrogens is 1. The van der Waals surface area contributed by atoms with Crippen LogP contribution in [-0.4, -0.2) is 23.3 Å². The second-order valence-corrected chi connectivity index (χ2v) is 6.88. The molecule has 0 saturated heterocycles. The number of Topliss-reactive ketones (excluding diaryl/α,β-unsaturated/α-hetero) is 1. The monoisotopic (exact) mass is 341 g/mol. The van der Waals surface area contributed by atoms with Gasteiger partial charge in [0.25, 0.3) is 0 Å². The Morgan fingerprint density at radius 1 is 1.12 bits per heavy atom. The van der Waals surface area contributed by atoms with Crippen molar-refractivity contribution in [1.82, 2.24) is 4.98 Å². The minimum atomic E-state index is -0.685. The SMILES string of the molecule is Cc1cc(C(=O)COC(=O)c2cc(=O)[nH]c3ccccc23)c(C)s1. The highest BCUT2D eigenvalue weighted by Gasteiger charge is 2.17. The van der Waals surface area contributed by atoms with E-state index in [2.05, 4.69) is 4.98 Å². The highest BCUT2D eigenvalue weighted by Crippen LogP contribution is 2.21. The number of esters is 1. The second-order valence-electron chi connectivity index (χ2n) is 5.42. The van der Waals surface area contributed by atoms with Gasteiger partial charge in [-0.2, -0.15) is 0 Å². The normalized spacial score (nSPS) is 10.8. The topological polar surface area (TPSA) is 76.2 Å². The molecule has 0 spiro atoms. The molecule has 0 aliphatic heterocycles. The Hall–Kier alpha value is -2.73. The van der Waals surface area contributed by atoms with Gasteiger partial charge in [-0.05, 0) is 26.0 Å². The first-order valence-electron chi connectivity index (χ1n) is 7.35. The van der Waals surface area contributed by atoms with E-state index in [1.807, 2.05) is 13.8 Å². The van der Waals surface area contributed by atoms with Crippen LogP contribution in [-0.2, 0) is 4.74 Å². The molecular weight excluding hydrogens is 326 g/mol. The van der Waals surface area contributed by atoms with Crippen molar-refractivity contribution in [2.75, 3.05) is 6.61 Å². The third-order valence-electron chi connectivity index (χ3n) is 3.65. The first-order valence-corrected chi connectivity index (χ1v) is 8.17. The fourth-order valence-corrected chi connectivity index (χ4v) is 3.51. The lowest BCUT2D eigenvalue weighted by Gasteiger charge is -2.07. The van der Waals surface area contributed by atoms with Crippen molar-refractivity contribution < 1.29 is 14.3 Å². The molecule has 1 N–H and O–H groups in total. The van der Waals surface area contributed by atoms with E-state index in [1.54, 1.807) is 30.3 Å². The highest BCUT2D eigenvalue weighted by atomic mass is 32.1. The Morgan fingerprint density at radius 2 is 1.88 bits per heavy atom. The molecule has 3 aromatic rings. The Morgan fingerprint density at radius 3 is 2.58 bits per heavy atom. The zero-order valence-corrected chi connectivity index (χ0v) is 14.0. The molecule has 5 nitrogen and oxygen atoms in total. The number of hydrogen-bond acceptors (Lipinski definition) is 5. The summed E-state index contributed by atoms with van der Waals surface area (Å²) in [7, 11) is 0. The number of benzene rings is 1. The van der Waals surface area contributed by atoms with Gasteiger partial charge in [-0.25, -0.2) is 4.79 Å². The minimum Gasteiger partial charge on any atom is -0.454 e. The van der Waals surface area contributed by atoms with E-state index in [4.69, 9.17) is 4.74 Å². The van der Waals surface area contributed by atoms with Crippen molar-refractivity contribution >= 4 is 34.0 Å². The number of thiophene rings is 1. The number of fused-ring (bicyclic) bond motifs is 1. The predicted octanol–water partition coefficient (Wildman–Crippen LogP) is 3.25. The summed E-state index contributed by atoms with van der Waals surface area (Å²) in [5.41, 5.74) is 0.880. The first kappa shape index (κ1) is 16.1. The van der Waals surface area contributed by atoms with Crippen molar-refractivity contribution in [3.63, 3.8) is 0 Å². The summed E-state index contributed by atoms with van der Waals surface area (Å²) in [5.74, 6) is -0.936. The summed E-state index contributed by atoms with van der Waals surface area (Å²) in [4.78, 5) is 40.8. The zero-order valence-electron chi connectivity index (χ0n) is 13.2. The molecule has 122 valence electrons. The van der Waals surface area contributed by atoms with Crippen molar-refractivity contribution in [3.8, 4) is 0 Å². The second kappa shape index (κ2) is 6.41. The van der Waals surface area contributed by atoms with Crippen LogP contribution in [0.5, 0.6) is 0 Å². The lowest BCUT2D eigenvalue weighted by Crippen LogP contribution is -2.17. The largest absolute Gasteiger partial charge is 0.454 e. The summed E-state index contributed by atoms with van der Waals surface area (Å²) in [6.07, 6.45) is 0. The van der Waals surface area contributed by atoms with Crippen LogP contribution in [0.1, 0.15) is 30.5 Å². The van der Waals surface area contributed by atoms with Gasteiger partial charge in [-0.15, -0.1) is 11.3 Å². The van der Waals surface area contributed by atoms with Gasteiger partial charge < -0.3 is 9.72 Å². The summed E-state index contributed by atoms with van der Waals surface area (Å²) >= 11 is 1.53. The molecule has 0 amide bonds. The fraction of sp³-hybridized carbons (Fsp3) is 0.167. The number of hydrogen-bond donors (Lipinski definition) is 1. The smallest absolute Gasteiger partial charge is 0.339 e. The Kier molecular flexibility index (Phi) is 4.31. The third kappa shape index (κ3) is 3.14.